The fourth-order valence-corrected chi connectivity index (χ4v) is 3.25. The molecule has 1 aliphatic carbocycles. The van der Waals surface area contributed by atoms with Gasteiger partial charge in [0, 0.05) is 37.1 Å². The van der Waals surface area contributed by atoms with Gasteiger partial charge in [-0.15, -0.1) is 5.10 Å². The number of aromatic nitrogens is 5. The zero-order valence-corrected chi connectivity index (χ0v) is 16.9. The number of carbonyl (C=O) groups excluding carboxylic acids is 2. The Bertz CT molecular complexity index is 1000. The smallest absolute Gasteiger partial charge is 0.273 e. The molecule has 1 saturated carbocycles. The number of aryl methyl sites for hydroxylation is 1. The second-order valence-corrected chi connectivity index (χ2v) is 7.32. The highest BCUT2D eigenvalue weighted by atomic mass is 16.2. The van der Waals surface area contributed by atoms with Crippen LogP contribution in [0, 0.1) is 0 Å². The highest BCUT2D eigenvalue weighted by Crippen LogP contribution is 2.21. The predicted molar refractivity (Wildman–Crippen MR) is 110 cm³/mol. The first-order valence-electron chi connectivity index (χ1n) is 10.3. The zero-order valence-electron chi connectivity index (χ0n) is 16.9. The monoisotopic (exact) mass is 407 g/mol. The van der Waals surface area contributed by atoms with E-state index >= 15 is 0 Å². The minimum Gasteiger partial charge on any atom is -0.352 e. The third-order valence-corrected chi connectivity index (χ3v) is 4.96. The summed E-state index contributed by atoms with van der Waals surface area (Å²) in [6, 6.07) is 9.27. The third-order valence-electron chi connectivity index (χ3n) is 4.96. The summed E-state index contributed by atoms with van der Waals surface area (Å²) in [6.07, 6.45) is 7.09. The lowest BCUT2D eigenvalue weighted by Crippen LogP contribution is -2.27. The van der Waals surface area contributed by atoms with Gasteiger partial charge in [-0.1, -0.05) is 5.21 Å². The molecule has 0 spiro atoms. The summed E-state index contributed by atoms with van der Waals surface area (Å²) in [7, 11) is 0. The van der Waals surface area contributed by atoms with Crippen molar-refractivity contribution in [1.82, 2.24) is 35.4 Å². The molecular weight excluding hydrogens is 382 g/mol. The molecule has 2 N–H and O–H groups in total. The topological polar surface area (TPSA) is 107 Å². The zero-order chi connectivity index (χ0) is 20.9. The minimum absolute atomic E-state index is 0.119. The van der Waals surface area contributed by atoms with Crippen LogP contribution < -0.4 is 10.6 Å². The quantitative estimate of drug-likeness (QED) is 0.562. The van der Waals surface area contributed by atoms with E-state index in [0.717, 1.165) is 37.2 Å². The van der Waals surface area contributed by atoms with Crippen LogP contribution in [0.2, 0.25) is 0 Å². The molecule has 2 amide bonds. The Morgan fingerprint density at radius 3 is 2.63 bits per heavy atom. The van der Waals surface area contributed by atoms with Gasteiger partial charge in [0.25, 0.3) is 11.8 Å². The highest BCUT2D eigenvalue weighted by Gasteiger charge is 2.27. The average molecular weight is 407 g/mol. The van der Waals surface area contributed by atoms with E-state index in [1.165, 1.54) is 0 Å². The molecule has 0 bridgehead atoms. The standard InChI is InChI=1S/C21H25N7O2/c1-2-22-20(29)15-6-10-17(11-7-15)28-18(5-3-13-27-14-4-12-23-27)19(25-26-28)21(30)24-16-8-9-16/h4,6-7,10-12,14,16H,2-3,5,8-9,13H2,1H3,(H,22,29)(H,24,30). The van der Waals surface area contributed by atoms with E-state index in [4.69, 9.17) is 0 Å². The van der Waals surface area contributed by atoms with Gasteiger partial charge in [-0.2, -0.15) is 5.10 Å². The van der Waals surface area contributed by atoms with Crippen molar-refractivity contribution in [2.45, 2.75) is 45.2 Å². The number of hydrogen-bond donors (Lipinski definition) is 2. The van der Waals surface area contributed by atoms with E-state index < -0.39 is 0 Å². The largest absolute Gasteiger partial charge is 0.352 e. The van der Waals surface area contributed by atoms with Crippen molar-refractivity contribution in [3.05, 3.63) is 59.7 Å². The Balaban J connectivity index is 1.56. The van der Waals surface area contributed by atoms with Crippen molar-refractivity contribution in [3.63, 3.8) is 0 Å². The van der Waals surface area contributed by atoms with Crippen LogP contribution in [0.1, 0.15) is 52.7 Å². The molecule has 0 atom stereocenters. The summed E-state index contributed by atoms with van der Waals surface area (Å²) in [5.74, 6) is -0.302. The van der Waals surface area contributed by atoms with E-state index in [0.29, 0.717) is 24.2 Å². The van der Waals surface area contributed by atoms with Gasteiger partial charge < -0.3 is 10.6 Å². The minimum atomic E-state index is -0.184. The van der Waals surface area contributed by atoms with E-state index in [1.807, 2.05) is 36.0 Å². The number of amides is 2. The van der Waals surface area contributed by atoms with Gasteiger partial charge >= 0.3 is 0 Å². The molecule has 0 saturated heterocycles. The first-order chi connectivity index (χ1) is 14.7. The number of nitrogens with zero attached hydrogens (tertiary/aromatic N) is 5. The summed E-state index contributed by atoms with van der Waals surface area (Å²) in [5, 5.41) is 18.4. The molecule has 9 nitrogen and oxygen atoms in total. The van der Waals surface area contributed by atoms with Crippen molar-refractivity contribution in [2.75, 3.05) is 6.54 Å². The van der Waals surface area contributed by atoms with E-state index in [2.05, 4.69) is 26.0 Å². The van der Waals surface area contributed by atoms with Gasteiger partial charge in [0.05, 0.1) is 11.4 Å². The number of carbonyl (C=O) groups is 2. The van der Waals surface area contributed by atoms with Gasteiger partial charge in [0.15, 0.2) is 5.69 Å². The molecule has 156 valence electrons. The van der Waals surface area contributed by atoms with Crippen LogP contribution in [0.3, 0.4) is 0 Å². The van der Waals surface area contributed by atoms with Gasteiger partial charge in [-0.05, 0) is 62.9 Å². The maximum atomic E-state index is 12.7. The summed E-state index contributed by atoms with van der Waals surface area (Å²) in [4.78, 5) is 24.7. The van der Waals surface area contributed by atoms with Gasteiger partial charge in [-0.25, -0.2) is 4.68 Å². The van der Waals surface area contributed by atoms with Gasteiger partial charge in [-0.3, -0.25) is 14.3 Å². The van der Waals surface area contributed by atoms with Crippen LogP contribution in [-0.2, 0) is 13.0 Å². The van der Waals surface area contributed by atoms with Crippen molar-refractivity contribution in [1.29, 1.82) is 0 Å². The maximum absolute atomic E-state index is 12.7. The normalized spacial score (nSPS) is 13.2. The predicted octanol–water partition coefficient (Wildman–Crippen LogP) is 1.74. The van der Waals surface area contributed by atoms with E-state index in [9.17, 15) is 9.59 Å². The van der Waals surface area contributed by atoms with Crippen molar-refractivity contribution in [3.8, 4) is 5.69 Å². The molecule has 0 unspecified atom stereocenters. The molecule has 30 heavy (non-hydrogen) atoms. The average Bonchev–Trinajstić information content (AvgIpc) is 3.24. The Labute approximate surface area is 174 Å². The molecule has 1 fully saturated rings. The van der Waals surface area contributed by atoms with Crippen LogP contribution in [-0.4, -0.2) is 49.2 Å². The maximum Gasteiger partial charge on any atom is 0.273 e. The molecule has 2 aromatic heterocycles. The van der Waals surface area contributed by atoms with Crippen LogP contribution >= 0.6 is 0 Å². The highest BCUT2D eigenvalue weighted by molar-refractivity contribution is 5.94. The molecule has 9 heteroatoms. The number of hydrogen-bond acceptors (Lipinski definition) is 5. The molecule has 0 radical (unpaired) electrons. The SMILES string of the molecule is CCNC(=O)c1ccc(-n2nnc(C(=O)NC3CC3)c2CCCn2cccn2)cc1. The Morgan fingerprint density at radius 2 is 1.97 bits per heavy atom. The lowest BCUT2D eigenvalue weighted by atomic mass is 10.1. The van der Waals surface area contributed by atoms with Crippen LogP contribution in [0.5, 0.6) is 0 Å². The van der Waals surface area contributed by atoms with E-state index in [1.54, 1.807) is 23.0 Å². The van der Waals surface area contributed by atoms with Crippen LogP contribution in [0.4, 0.5) is 0 Å². The van der Waals surface area contributed by atoms with E-state index in [-0.39, 0.29) is 17.9 Å². The molecule has 1 aromatic carbocycles. The molecule has 2 heterocycles. The van der Waals surface area contributed by atoms with Gasteiger partial charge in [0.1, 0.15) is 0 Å². The van der Waals surface area contributed by atoms with Crippen molar-refractivity contribution >= 4 is 11.8 Å². The summed E-state index contributed by atoms with van der Waals surface area (Å²) in [6.45, 7) is 3.19. The van der Waals surface area contributed by atoms with Crippen molar-refractivity contribution < 1.29 is 9.59 Å². The summed E-state index contributed by atoms with van der Waals surface area (Å²) >= 11 is 0. The molecular formula is C21H25N7O2. The Hall–Kier alpha value is -3.49. The Kier molecular flexibility index (Phi) is 5.87. The molecule has 4 rings (SSSR count). The van der Waals surface area contributed by atoms with Crippen molar-refractivity contribution in [2.24, 2.45) is 0 Å². The second-order valence-electron chi connectivity index (χ2n) is 7.32. The number of nitrogens with one attached hydrogen (secondary N) is 2. The molecule has 0 aliphatic heterocycles. The first-order valence-corrected chi connectivity index (χ1v) is 10.3. The lowest BCUT2D eigenvalue weighted by molar-refractivity contribution is 0.0940. The van der Waals surface area contributed by atoms with Crippen LogP contribution in [0.25, 0.3) is 5.69 Å². The third kappa shape index (κ3) is 4.56. The summed E-state index contributed by atoms with van der Waals surface area (Å²) in [5.41, 5.74) is 2.45. The number of benzene rings is 1. The fraction of sp³-hybridized carbons (Fsp3) is 0.381. The lowest BCUT2D eigenvalue weighted by Gasteiger charge is -2.10. The first kappa shape index (κ1) is 19.8. The summed E-state index contributed by atoms with van der Waals surface area (Å²) < 4.78 is 3.55. The second kappa shape index (κ2) is 8.89. The Morgan fingerprint density at radius 1 is 1.17 bits per heavy atom. The fourth-order valence-electron chi connectivity index (χ4n) is 3.25. The van der Waals surface area contributed by atoms with Crippen LogP contribution in [0.15, 0.2) is 42.7 Å². The molecule has 3 aromatic rings. The van der Waals surface area contributed by atoms with Gasteiger partial charge in [0.2, 0.25) is 0 Å². The molecule has 1 aliphatic rings. The number of rotatable bonds is 9.